The van der Waals surface area contributed by atoms with Crippen LogP contribution in [-0.2, 0) is 9.59 Å². The van der Waals surface area contributed by atoms with Gasteiger partial charge in [-0.05, 0) is 70.1 Å². The standard InChI is InChI=1S/C25H48N2O2/c1-8-23(28)26-20(5)14-18(3)15-21-10-12-22(13-11-21)16-19(4)17-25(6,7)27-24(29)9-2/h18-22H,8-17H2,1-7H3,(H,26,28)(H,27,29). The lowest BCUT2D eigenvalue weighted by Crippen LogP contribution is -2.44. The molecule has 29 heavy (non-hydrogen) atoms. The predicted molar refractivity (Wildman–Crippen MR) is 123 cm³/mol. The minimum Gasteiger partial charge on any atom is -0.354 e. The number of carbonyl (C=O) groups is 2. The van der Waals surface area contributed by atoms with Crippen molar-refractivity contribution in [2.24, 2.45) is 23.7 Å². The zero-order chi connectivity index (χ0) is 22.0. The molecule has 4 heteroatoms. The highest BCUT2D eigenvalue weighted by Crippen LogP contribution is 2.37. The second-order valence-corrected chi connectivity index (χ2v) is 10.6. The number of nitrogens with one attached hydrogen (secondary N) is 2. The van der Waals surface area contributed by atoms with Gasteiger partial charge in [-0.3, -0.25) is 9.59 Å². The summed E-state index contributed by atoms with van der Waals surface area (Å²) in [5, 5.41) is 6.26. The van der Waals surface area contributed by atoms with Crippen molar-refractivity contribution in [2.45, 2.75) is 124 Å². The summed E-state index contributed by atoms with van der Waals surface area (Å²) < 4.78 is 0. The zero-order valence-electron chi connectivity index (χ0n) is 20.3. The monoisotopic (exact) mass is 408 g/mol. The van der Waals surface area contributed by atoms with Gasteiger partial charge in [0.25, 0.3) is 0 Å². The lowest BCUT2D eigenvalue weighted by Gasteiger charge is -2.34. The Morgan fingerprint density at radius 1 is 0.862 bits per heavy atom. The van der Waals surface area contributed by atoms with E-state index in [4.69, 9.17) is 0 Å². The van der Waals surface area contributed by atoms with E-state index in [-0.39, 0.29) is 23.4 Å². The molecule has 2 amide bonds. The summed E-state index contributed by atoms with van der Waals surface area (Å²) in [6, 6.07) is 0.284. The first kappa shape index (κ1) is 26.0. The quantitative estimate of drug-likeness (QED) is 0.426. The average Bonchev–Trinajstić information content (AvgIpc) is 2.61. The van der Waals surface area contributed by atoms with Gasteiger partial charge in [0.15, 0.2) is 0 Å². The molecule has 0 aliphatic heterocycles. The largest absolute Gasteiger partial charge is 0.354 e. The maximum Gasteiger partial charge on any atom is 0.220 e. The van der Waals surface area contributed by atoms with Gasteiger partial charge in [-0.2, -0.15) is 0 Å². The van der Waals surface area contributed by atoms with Crippen LogP contribution < -0.4 is 10.6 Å². The van der Waals surface area contributed by atoms with Crippen molar-refractivity contribution in [3.05, 3.63) is 0 Å². The summed E-state index contributed by atoms with van der Waals surface area (Å²) in [6.07, 6.45) is 11.3. The minimum absolute atomic E-state index is 0.108. The second-order valence-electron chi connectivity index (χ2n) is 10.6. The first-order valence-corrected chi connectivity index (χ1v) is 12.1. The molecule has 170 valence electrons. The van der Waals surface area contributed by atoms with Crippen LogP contribution in [0.2, 0.25) is 0 Å². The molecule has 1 rings (SSSR count). The third kappa shape index (κ3) is 11.1. The Morgan fingerprint density at radius 3 is 1.83 bits per heavy atom. The molecule has 0 heterocycles. The Morgan fingerprint density at radius 2 is 1.34 bits per heavy atom. The van der Waals surface area contributed by atoms with E-state index >= 15 is 0 Å². The fourth-order valence-corrected chi connectivity index (χ4v) is 5.45. The molecule has 0 aromatic heterocycles. The van der Waals surface area contributed by atoms with Crippen molar-refractivity contribution in [3.63, 3.8) is 0 Å². The number of rotatable bonds is 12. The first-order valence-electron chi connectivity index (χ1n) is 12.1. The molecule has 1 fully saturated rings. The Hall–Kier alpha value is -1.06. The van der Waals surface area contributed by atoms with Crippen molar-refractivity contribution in [1.82, 2.24) is 10.6 Å². The van der Waals surface area contributed by atoms with Crippen LogP contribution in [0.1, 0.15) is 113 Å². The number of hydrogen-bond acceptors (Lipinski definition) is 2. The third-order valence-corrected chi connectivity index (χ3v) is 6.58. The summed E-state index contributed by atoms with van der Waals surface area (Å²) in [5.41, 5.74) is -0.108. The third-order valence-electron chi connectivity index (χ3n) is 6.58. The van der Waals surface area contributed by atoms with Gasteiger partial charge >= 0.3 is 0 Å². The van der Waals surface area contributed by atoms with Crippen molar-refractivity contribution < 1.29 is 9.59 Å². The summed E-state index contributed by atoms with van der Waals surface area (Å²) in [6.45, 7) is 14.9. The summed E-state index contributed by atoms with van der Waals surface area (Å²) in [7, 11) is 0. The molecule has 0 spiro atoms. The summed E-state index contributed by atoms with van der Waals surface area (Å²) >= 11 is 0. The molecule has 0 radical (unpaired) electrons. The molecule has 1 saturated carbocycles. The molecular weight excluding hydrogens is 360 g/mol. The van der Waals surface area contributed by atoms with Gasteiger partial charge in [-0.1, -0.05) is 53.4 Å². The molecule has 0 bridgehead atoms. The fraction of sp³-hybridized carbons (Fsp3) is 0.920. The van der Waals surface area contributed by atoms with Gasteiger partial charge in [0.05, 0.1) is 0 Å². The highest BCUT2D eigenvalue weighted by molar-refractivity contribution is 5.76. The van der Waals surface area contributed by atoms with Gasteiger partial charge in [-0.25, -0.2) is 0 Å². The molecule has 0 aromatic rings. The van der Waals surface area contributed by atoms with Crippen LogP contribution in [0.15, 0.2) is 0 Å². The Bertz CT molecular complexity index is 495. The van der Waals surface area contributed by atoms with Crippen LogP contribution in [0.5, 0.6) is 0 Å². The Kier molecular flexibility index (Phi) is 11.3. The molecule has 1 aliphatic rings. The van der Waals surface area contributed by atoms with E-state index in [1.54, 1.807) is 0 Å². The highest BCUT2D eigenvalue weighted by atomic mass is 16.2. The van der Waals surface area contributed by atoms with E-state index in [2.05, 4.69) is 45.3 Å². The van der Waals surface area contributed by atoms with Crippen LogP contribution >= 0.6 is 0 Å². The normalized spacial score (nSPS) is 23.1. The van der Waals surface area contributed by atoms with Gasteiger partial charge in [0, 0.05) is 24.4 Å². The lowest BCUT2D eigenvalue weighted by molar-refractivity contribution is -0.123. The van der Waals surface area contributed by atoms with E-state index in [0.717, 1.165) is 24.7 Å². The predicted octanol–water partition coefficient (Wildman–Crippen LogP) is 5.84. The Balaban J connectivity index is 2.30. The van der Waals surface area contributed by atoms with Crippen LogP contribution in [0.3, 0.4) is 0 Å². The van der Waals surface area contributed by atoms with Crippen molar-refractivity contribution in [1.29, 1.82) is 0 Å². The molecule has 2 N–H and O–H groups in total. The van der Waals surface area contributed by atoms with Crippen LogP contribution in [0, 0.1) is 23.7 Å². The van der Waals surface area contributed by atoms with Crippen LogP contribution in [-0.4, -0.2) is 23.4 Å². The van der Waals surface area contributed by atoms with Crippen LogP contribution in [0.25, 0.3) is 0 Å². The molecule has 3 unspecified atom stereocenters. The summed E-state index contributed by atoms with van der Waals surface area (Å²) in [5.74, 6) is 3.33. The van der Waals surface area contributed by atoms with Crippen molar-refractivity contribution in [2.75, 3.05) is 0 Å². The first-order chi connectivity index (χ1) is 13.5. The topological polar surface area (TPSA) is 58.2 Å². The van der Waals surface area contributed by atoms with Gasteiger partial charge in [0.2, 0.25) is 11.8 Å². The number of carbonyl (C=O) groups excluding carboxylic acids is 2. The highest BCUT2D eigenvalue weighted by Gasteiger charge is 2.27. The molecule has 0 saturated heterocycles. The molecule has 1 aliphatic carbocycles. The van der Waals surface area contributed by atoms with Crippen LogP contribution in [0.4, 0.5) is 0 Å². The zero-order valence-corrected chi connectivity index (χ0v) is 20.3. The molecule has 3 atom stereocenters. The van der Waals surface area contributed by atoms with E-state index in [1.807, 2.05) is 13.8 Å². The maximum atomic E-state index is 11.7. The second kappa shape index (κ2) is 12.6. The Labute approximate surface area is 180 Å². The van der Waals surface area contributed by atoms with Crippen molar-refractivity contribution >= 4 is 11.8 Å². The molecule has 0 aromatic carbocycles. The van der Waals surface area contributed by atoms with Gasteiger partial charge in [-0.15, -0.1) is 0 Å². The van der Waals surface area contributed by atoms with E-state index in [0.29, 0.717) is 24.7 Å². The molecular formula is C25H48N2O2. The minimum atomic E-state index is -0.108. The lowest BCUT2D eigenvalue weighted by atomic mass is 9.74. The SMILES string of the molecule is CCC(=O)NC(C)CC(C)CC1CCC(CC(C)CC(C)(C)NC(=O)CC)CC1. The van der Waals surface area contributed by atoms with E-state index in [9.17, 15) is 9.59 Å². The van der Waals surface area contributed by atoms with Crippen molar-refractivity contribution in [3.8, 4) is 0 Å². The van der Waals surface area contributed by atoms with E-state index in [1.165, 1.54) is 38.5 Å². The molecule has 4 nitrogen and oxygen atoms in total. The fourth-order valence-electron chi connectivity index (χ4n) is 5.45. The summed E-state index contributed by atoms with van der Waals surface area (Å²) in [4.78, 5) is 23.3. The van der Waals surface area contributed by atoms with Gasteiger partial charge in [0.1, 0.15) is 0 Å². The number of hydrogen-bond donors (Lipinski definition) is 2. The smallest absolute Gasteiger partial charge is 0.220 e. The van der Waals surface area contributed by atoms with Gasteiger partial charge < -0.3 is 10.6 Å². The maximum absolute atomic E-state index is 11.7. The average molecular weight is 409 g/mol. The number of amides is 2. The van der Waals surface area contributed by atoms with E-state index < -0.39 is 0 Å².